The summed E-state index contributed by atoms with van der Waals surface area (Å²) in [5, 5.41) is 9.09. The normalized spacial score (nSPS) is 24.9. The van der Waals surface area contributed by atoms with Crippen LogP contribution in [0.3, 0.4) is 0 Å². The third-order valence-electron chi connectivity index (χ3n) is 6.16. The predicted octanol–water partition coefficient (Wildman–Crippen LogP) is 2.21. The van der Waals surface area contributed by atoms with Crippen LogP contribution < -0.4 is 10.3 Å². The van der Waals surface area contributed by atoms with E-state index in [9.17, 15) is 19.1 Å². The average Bonchev–Trinajstić information content (AvgIpc) is 3.28. The lowest BCUT2D eigenvalue weighted by Gasteiger charge is -2.34. The van der Waals surface area contributed by atoms with E-state index in [0.29, 0.717) is 6.54 Å². The van der Waals surface area contributed by atoms with Crippen molar-refractivity contribution >= 4 is 22.6 Å². The van der Waals surface area contributed by atoms with Crippen molar-refractivity contribution in [1.29, 1.82) is 0 Å². The molecule has 1 N–H and O–H groups in total. The first-order valence-electron chi connectivity index (χ1n) is 9.14. The van der Waals surface area contributed by atoms with Gasteiger partial charge in [0.25, 0.3) is 0 Å². The van der Waals surface area contributed by atoms with Crippen molar-refractivity contribution < 1.29 is 18.7 Å². The lowest BCUT2D eigenvalue weighted by atomic mass is 10.1. The maximum atomic E-state index is 15.6. The summed E-state index contributed by atoms with van der Waals surface area (Å²) in [5.74, 6) is -2.96. The van der Waals surface area contributed by atoms with Crippen molar-refractivity contribution in [1.82, 2.24) is 9.47 Å². The van der Waals surface area contributed by atoms with E-state index in [0.717, 1.165) is 31.9 Å². The van der Waals surface area contributed by atoms with Crippen molar-refractivity contribution in [3.05, 3.63) is 39.7 Å². The number of nitrogens with zero attached hydrogens (tertiary/aromatic N) is 3. The van der Waals surface area contributed by atoms with Gasteiger partial charge in [-0.3, -0.25) is 9.69 Å². The molecular weight excluding hydrogens is 356 g/mol. The minimum atomic E-state index is -1.39. The largest absolute Gasteiger partial charge is 0.477 e. The minimum absolute atomic E-state index is 0.0139. The Morgan fingerprint density at radius 1 is 1.19 bits per heavy atom. The summed E-state index contributed by atoms with van der Waals surface area (Å²) in [4.78, 5) is 27.9. The number of carboxylic acids is 1. The summed E-state index contributed by atoms with van der Waals surface area (Å²) >= 11 is 0. The molecule has 142 valence electrons. The number of aromatic nitrogens is 1. The maximum Gasteiger partial charge on any atom is 0.341 e. The number of aromatic carboxylic acids is 1. The summed E-state index contributed by atoms with van der Waals surface area (Å²) in [5.41, 5.74) is -1.38. The fourth-order valence-electron chi connectivity index (χ4n) is 4.63. The number of anilines is 1. The van der Waals surface area contributed by atoms with E-state index in [2.05, 4.69) is 4.90 Å². The van der Waals surface area contributed by atoms with E-state index in [1.807, 2.05) is 7.05 Å². The number of fused-ring (bicyclic) bond motifs is 3. The molecule has 5 rings (SSSR count). The van der Waals surface area contributed by atoms with Crippen LogP contribution in [0.4, 0.5) is 14.5 Å². The Labute approximate surface area is 153 Å². The van der Waals surface area contributed by atoms with Gasteiger partial charge in [-0.05, 0) is 32.4 Å². The monoisotopic (exact) mass is 375 g/mol. The average molecular weight is 375 g/mol. The van der Waals surface area contributed by atoms with E-state index in [1.54, 1.807) is 4.90 Å². The SMILES string of the molecule is CN1C[C@@H]2C[C@H]1CN2c1c(F)cc2c(=O)c(C(=O)O)cn(C3CC3)c2c1F. The molecule has 0 spiro atoms. The number of likely N-dealkylation sites (N-methyl/N-ethyl adjacent to an activating group) is 1. The van der Waals surface area contributed by atoms with Gasteiger partial charge in [-0.1, -0.05) is 0 Å². The minimum Gasteiger partial charge on any atom is -0.477 e. The topological polar surface area (TPSA) is 65.8 Å². The molecule has 2 aromatic rings. The molecule has 1 aromatic carbocycles. The van der Waals surface area contributed by atoms with Crippen LogP contribution in [0.25, 0.3) is 10.9 Å². The van der Waals surface area contributed by atoms with Crippen molar-refractivity contribution in [3.8, 4) is 0 Å². The fraction of sp³-hybridized carbons (Fsp3) is 0.474. The zero-order valence-electron chi connectivity index (χ0n) is 14.8. The summed E-state index contributed by atoms with van der Waals surface area (Å²) in [7, 11) is 2.01. The number of benzene rings is 1. The number of hydrogen-bond donors (Lipinski definition) is 1. The van der Waals surface area contributed by atoms with E-state index >= 15 is 4.39 Å². The molecule has 3 aliphatic rings. The Balaban J connectivity index is 1.76. The molecule has 0 radical (unpaired) electrons. The summed E-state index contributed by atoms with van der Waals surface area (Å²) in [6.07, 6.45) is 3.63. The van der Waals surface area contributed by atoms with Crippen LogP contribution >= 0.6 is 0 Å². The molecule has 0 unspecified atom stereocenters. The highest BCUT2D eigenvalue weighted by Crippen LogP contribution is 2.42. The van der Waals surface area contributed by atoms with Gasteiger partial charge >= 0.3 is 5.97 Å². The van der Waals surface area contributed by atoms with Gasteiger partial charge < -0.3 is 14.6 Å². The van der Waals surface area contributed by atoms with Crippen LogP contribution in [0.15, 0.2) is 17.1 Å². The van der Waals surface area contributed by atoms with Gasteiger partial charge in [-0.2, -0.15) is 0 Å². The molecule has 1 aliphatic carbocycles. The standard InChI is InChI=1S/C19H19F2N3O3/c1-22-6-11-4-10(22)7-23(11)17-14(20)5-12-16(15(17)21)24(9-2-3-9)8-13(18(12)25)19(26)27/h5,8-11H,2-4,6-7H2,1H3,(H,26,27)/t10-,11-/m0/s1. The Kier molecular flexibility index (Phi) is 3.40. The number of carboxylic acid groups (broad SMARTS) is 1. The van der Waals surface area contributed by atoms with E-state index in [1.165, 1.54) is 10.8 Å². The van der Waals surface area contributed by atoms with Crippen molar-refractivity contribution in [3.63, 3.8) is 0 Å². The highest BCUT2D eigenvalue weighted by Gasteiger charge is 2.43. The third kappa shape index (κ3) is 2.32. The maximum absolute atomic E-state index is 15.6. The number of rotatable bonds is 3. The molecule has 6 nitrogen and oxygen atoms in total. The Morgan fingerprint density at radius 3 is 2.48 bits per heavy atom. The molecule has 27 heavy (non-hydrogen) atoms. The lowest BCUT2D eigenvalue weighted by molar-refractivity contribution is 0.0695. The number of halogens is 2. The zero-order valence-corrected chi connectivity index (χ0v) is 14.8. The number of likely N-dealkylation sites (tertiary alicyclic amines) is 1. The van der Waals surface area contributed by atoms with E-state index < -0.39 is 28.6 Å². The Morgan fingerprint density at radius 2 is 1.93 bits per heavy atom. The molecule has 2 bridgehead atoms. The van der Waals surface area contributed by atoms with Crippen LogP contribution in [0.2, 0.25) is 0 Å². The van der Waals surface area contributed by atoms with E-state index in [4.69, 9.17) is 0 Å². The molecule has 3 heterocycles. The second-order valence-corrected chi connectivity index (χ2v) is 7.87. The second kappa shape index (κ2) is 5.51. The molecule has 2 atom stereocenters. The third-order valence-corrected chi connectivity index (χ3v) is 6.16. The van der Waals surface area contributed by atoms with Crippen molar-refractivity contribution in [2.24, 2.45) is 0 Å². The molecule has 2 aliphatic heterocycles. The van der Waals surface area contributed by atoms with Gasteiger partial charge in [0.1, 0.15) is 17.1 Å². The summed E-state index contributed by atoms with van der Waals surface area (Å²) < 4.78 is 32.0. The van der Waals surface area contributed by atoms with Gasteiger partial charge in [-0.15, -0.1) is 0 Å². The van der Waals surface area contributed by atoms with Gasteiger partial charge in [0.15, 0.2) is 5.82 Å². The van der Waals surface area contributed by atoms with Crippen LogP contribution in [-0.4, -0.2) is 52.8 Å². The molecule has 8 heteroatoms. The van der Waals surface area contributed by atoms with Gasteiger partial charge in [0.05, 0.1) is 10.9 Å². The molecule has 2 saturated heterocycles. The second-order valence-electron chi connectivity index (χ2n) is 7.87. The van der Waals surface area contributed by atoms with Gasteiger partial charge in [0, 0.05) is 37.4 Å². The van der Waals surface area contributed by atoms with Gasteiger partial charge in [0.2, 0.25) is 5.43 Å². The molecule has 3 fully saturated rings. The summed E-state index contributed by atoms with van der Waals surface area (Å²) in [6, 6.07) is 1.27. The predicted molar refractivity (Wildman–Crippen MR) is 95.5 cm³/mol. The highest BCUT2D eigenvalue weighted by molar-refractivity contribution is 5.94. The lowest BCUT2D eigenvalue weighted by Crippen LogP contribution is -2.45. The summed E-state index contributed by atoms with van der Waals surface area (Å²) in [6.45, 7) is 1.29. The van der Waals surface area contributed by atoms with Crippen molar-refractivity contribution in [2.45, 2.75) is 37.4 Å². The Bertz CT molecular complexity index is 1040. The zero-order chi connectivity index (χ0) is 19.0. The fourth-order valence-corrected chi connectivity index (χ4v) is 4.63. The first-order chi connectivity index (χ1) is 12.9. The number of pyridine rings is 1. The molecule has 1 aromatic heterocycles. The molecule has 1 saturated carbocycles. The number of carbonyl (C=O) groups is 1. The van der Waals surface area contributed by atoms with Crippen LogP contribution in [0, 0.1) is 11.6 Å². The van der Waals surface area contributed by atoms with Crippen molar-refractivity contribution in [2.75, 3.05) is 25.0 Å². The number of hydrogen-bond acceptors (Lipinski definition) is 4. The first-order valence-corrected chi connectivity index (χ1v) is 9.14. The molecular formula is C19H19F2N3O3. The first kappa shape index (κ1) is 16.7. The van der Waals surface area contributed by atoms with E-state index in [-0.39, 0.29) is 34.7 Å². The Hall–Kier alpha value is -2.48. The quantitative estimate of drug-likeness (QED) is 0.891. The van der Waals surface area contributed by atoms with Crippen LogP contribution in [0.5, 0.6) is 0 Å². The smallest absolute Gasteiger partial charge is 0.341 e. The van der Waals surface area contributed by atoms with Crippen LogP contribution in [-0.2, 0) is 0 Å². The highest BCUT2D eigenvalue weighted by atomic mass is 19.1. The van der Waals surface area contributed by atoms with Gasteiger partial charge in [-0.25, -0.2) is 13.6 Å². The van der Waals surface area contributed by atoms with Crippen LogP contribution in [0.1, 0.15) is 35.7 Å². The number of piperazine rings is 1. The molecule has 0 amide bonds.